The minimum absolute atomic E-state index is 0.00330. The van der Waals surface area contributed by atoms with E-state index in [1.165, 1.54) is 30.6 Å². The first-order valence-corrected chi connectivity index (χ1v) is 47.3. The monoisotopic (exact) mass is 1840 g/mol. The summed E-state index contributed by atoms with van der Waals surface area (Å²) in [4.78, 5) is 140. The van der Waals surface area contributed by atoms with Gasteiger partial charge in [-0.2, -0.15) is 0 Å². The highest BCUT2D eigenvalue weighted by atomic mass is 31.2. The van der Waals surface area contributed by atoms with E-state index in [2.05, 4.69) is 45.7 Å². The number of aliphatic hydroxyl groups is 10. The molecule has 1 saturated carbocycles. The Morgan fingerprint density at radius 2 is 0.672 bits per heavy atom. The lowest BCUT2D eigenvalue weighted by Crippen LogP contribution is -2.64. The van der Waals surface area contributed by atoms with Gasteiger partial charge in [0.25, 0.3) is 0 Å². The highest BCUT2D eigenvalue weighted by molar-refractivity contribution is 7.47. The number of nitrogens with one attached hydrogen (secondary N) is 6. The number of hydrogen-bond donors (Lipinski definition) is 18. The number of carbonyl (C=O) groups is 9. The molecular weight excluding hydrogens is 1690 g/mol. The molecule has 0 bridgehead atoms. The SMILES string of the molecule is CC(=O)NC1C(OCCCCCC(=O)NCCCCCC(=O)N(CCO)CCOP(=O)(O)OCN(CCOP(=O)(O)OCCN(CCOC2CCC(C(C)C)CC2)C(=O)CCCCCNC(=O)CCCCCOC2OC(CO)C(O)C(O)C2NC(C)=O)C(=O)CCCCCNC(=O)CCCCCOC2OC(CO)C(O)C(O)C2NC(C)=O)OC(CO)C(O)C1O. The lowest BCUT2D eigenvalue weighted by atomic mass is 9.80. The van der Waals surface area contributed by atoms with Crippen molar-refractivity contribution in [3.63, 3.8) is 0 Å². The number of nitrogens with zero attached hydrogens (tertiary/aromatic N) is 3. The molecule has 0 aromatic carbocycles. The molecule has 9 amide bonds. The van der Waals surface area contributed by atoms with Crippen molar-refractivity contribution >= 4 is 68.8 Å². The average Bonchev–Trinajstić information content (AvgIpc) is 0.816. The highest BCUT2D eigenvalue weighted by Gasteiger charge is 2.48. The molecule has 3 heterocycles. The molecule has 726 valence electrons. The molecule has 4 rings (SSSR count). The molecule has 3 aliphatic heterocycles. The number of amides is 9. The number of rotatable bonds is 67. The molecule has 1 aliphatic carbocycles. The molecular formula is C80H147N9O34P2. The molecule has 3 saturated heterocycles. The Morgan fingerprint density at radius 3 is 1.00 bits per heavy atom. The van der Waals surface area contributed by atoms with Gasteiger partial charge in [-0.05, 0) is 115 Å². The van der Waals surface area contributed by atoms with E-state index in [0.717, 1.165) is 30.6 Å². The normalized spacial score (nSPS) is 25.5. The molecule has 0 spiro atoms. The molecule has 18 N–H and O–H groups in total. The van der Waals surface area contributed by atoms with Crippen LogP contribution in [0.2, 0.25) is 0 Å². The first-order chi connectivity index (χ1) is 59.6. The van der Waals surface area contributed by atoms with E-state index < -0.39 is 197 Å². The molecule has 0 aromatic rings. The average molecular weight is 1840 g/mol. The van der Waals surface area contributed by atoms with Gasteiger partial charge in [0.15, 0.2) is 18.9 Å². The number of phosphoric ester groups is 2. The van der Waals surface area contributed by atoms with Crippen molar-refractivity contribution in [2.75, 3.05) is 132 Å². The lowest BCUT2D eigenvalue weighted by molar-refractivity contribution is -0.270. The standard InChI is InChI=1S/C80H147N9O34P2/c1-54(2)58-30-32-59(33-31-58)113-46-38-88(67(101)28-16-7-19-35-82-64(98)25-13-10-22-44-115-79-70(85-56(4)95)76(107)73(104)61(51-92)122-79)40-48-117-124(109,110)118-49-41-89(68(102)29-17-8-20-36-83-65(99)26-14-11-23-45-116-80-71(86-57(5)96)77(108)74(105)62(52-93)123-80)53-120-125(111,112)119-47-39-87(37-42-90)66(100)27-15-6-18-34-81-63(97)24-12-9-21-43-114-78-69(84-55(3)94)75(106)72(103)60(50-91)121-78/h54,58-62,69-80,90-93,103-108H,6-53H2,1-5H3,(H,81,97)(H,82,98)(H,83,99)(H,84,94)(H,85,95)(H,86,96)(H,109,110)(H,111,112). The lowest BCUT2D eigenvalue weighted by Gasteiger charge is -2.42. The highest BCUT2D eigenvalue weighted by Crippen LogP contribution is 2.45. The van der Waals surface area contributed by atoms with Crippen LogP contribution in [0.4, 0.5) is 0 Å². The number of ether oxygens (including phenoxy) is 7. The van der Waals surface area contributed by atoms with E-state index in [4.69, 9.17) is 51.3 Å². The van der Waals surface area contributed by atoms with Gasteiger partial charge < -0.3 is 141 Å². The molecule has 45 heteroatoms. The van der Waals surface area contributed by atoms with Gasteiger partial charge in [-0.1, -0.05) is 52.4 Å². The van der Waals surface area contributed by atoms with Crippen molar-refractivity contribution < 1.29 is 164 Å². The second-order valence-electron chi connectivity index (χ2n) is 32.3. The van der Waals surface area contributed by atoms with Crippen LogP contribution >= 0.6 is 15.6 Å². The van der Waals surface area contributed by atoms with E-state index in [1.807, 2.05) is 0 Å². The second-order valence-corrected chi connectivity index (χ2v) is 35.2. The number of unbranched alkanes of at least 4 members (excludes halogenated alkanes) is 12. The topological polar surface area (TPSA) is 614 Å². The minimum Gasteiger partial charge on any atom is -0.395 e. The smallest absolute Gasteiger partial charge is 0.395 e. The third kappa shape index (κ3) is 45.4. The largest absolute Gasteiger partial charge is 0.473 e. The molecule has 43 nitrogen and oxygen atoms in total. The van der Waals surface area contributed by atoms with Crippen molar-refractivity contribution in [3.05, 3.63) is 0 Å². The summed E-state index contributed by atoms with van der Waals surface area (Å²) in [6, 6.07) is -3.22. The van der Waals surface area contributed by atoms with Gasteiger partial charge in [0.1, 0.15) is 79.8 Å². The van der Waals surface area contributed by atoms with E-state index >= 15 is 0 Å². The summed E-state index contributed by atoms with van der Waals surface area (Å²) < 4.78 is 88.1. The number of aliphatic hydroxyl groups excluding tert-OH is 10. The molecule has 17 atom stereocenters. The summed E-state index contributed by atoms with van der Waals surface area (Å²) >= 11 is 0. The van der Waals surface area contributed by atoms with Crippen molar-refractivity contribution in [3.8, 4) is 0 Å². The summed E-state index contributed by atoms with van der Waals surface area (Å²) in [6.07, 6.45) is -2.07. The predicted octanol–water partition coefficient (Wildman–Crippen LogP) is -0.488. The summed E-state index contributed by atoms with van der Waals surface area (Å²) in [6.45, 7) is 4.05. The van der Waals surface area contributed by atoms with E-state index in [9.17, 15) is 113 Å². The van der Waals surface area contributed by atoms with Crippen LogP contribution in [0.15, 0.2) is 0 Å². The third-order valence-electron chi connectivity index (χ3n) is 21.9. The van der Waals surface area contributed by atoms with Crippen molar-refractivity contribution in [2.45, 2.75) is 312 Å². The maximum atomic E-state index is 13.9. The fraction of sp³-hybridized carbons (Fsp3) is 0.887. The van der Waals surface area contributed by atoms with Crippen LogP contribution in [0.25, 0.3) is 0 Å². The summed E-state index contributed by atoms with van der Waals surface area (Å²) in [5.74, 6) is -2.21. The maximum absolute atomic E-state index is 13.9. The number of phosphoric acid groups is 2. The van der Waals surface area contributed by atoms with E-state index in [-0.39, 0.29) is 134 Å². The molecule has 17 unspecified atom stereocenters. The van der Waals surface area contributed by atoms with Crippen LogP contribution in [-0.2, 0) is 104 Å². The zero-order valence-corrected chi connectivity index (χ0v) is 75.2. The fourth-order valence-electron chi connectivity index (χ4n) is 14.7. The molecule has 125 heavy (non-hydrogen) atoms. The van der Waals surface area contributed by atoms with Crippen molar-refractivity contribution in [1.82, 2.24) is 46.6 Å². The van der Waals surface area contributed by atoms with Gasteiger partial charge >= 0.3 is 15.6 Å². The first kappa shape index (κ1) is 112. The number of carbonyl (C=O) groups excluding carboxylic acids is 9. The fourth-order valence-corrected chi connectivity index (χ4v) is 16.0. The molecule has 4 fully saturated rings. The van der Waals surface area contributed by atoms with Gasteiger partial charge in [0.05, 0.1) is 59.0 Å². The Kier molecular flexibility index (Phi) is 56.4. The quantitative estimate of drug-likeness (QED) is 0.0208. The van der Waals surface area contributed by atoms with Crippen molar-refractivity contribution in [1.29, 1.82) is 0 Å². The third-order valence-corrected chi connectivity index (χ3v) is 23.9. The van der Waals surface area contributed by atoms with Crippen LogP contribution in [-0.4, -0.2) is 359 Å². The van der Waals surface area contributed by atoms with Crippen molar-refractivity contribution in [2.24, 2.45) is 11.8 Å². The van der Waals surface area contributed by atoms with E-state index in [1.54, 1.807) is 0 Å². The Hall–Kier alpha value is -5.23. The molecule has 4 aliphatic rings. The number of hydrogen-bond acceptors (Lipinski definition) is 32. The maximum Gasteiger partial charge on any atom is 0.473 e. The van der Waals surface area contributed by atoms with Crippen LogP contribution in [0, 0.1) is 11.8 Å². The predicted molar refractivity (Wildman–Crippen MR) is 446 cm³/mol. The van der Waals surface area contributed by atoms with Crippen LogP contribution in [0.1, 0.15) is 214 Å². The molecule has 0 aromatic heterocycles. The van der Waals surface area contributed by atoms with Crippen LogP contribution in [0.3, 0.4) is 0 Å². The summed E-state index contributed by atoms with van der Waals surface area (Å²) in [5, 5.41) is 117. The van der Waals surface area contributed by atoms with Gasteiger partial charge in [-0.15, -0.1) is 0 Å². The van der Waals surface area contributed by atoms with Gasteiger partial charge in [0, 0.05) is 131 Å². The van der Waals surface area contributed by atoms with Crippen LogP contribution < -0.4 is 31.9 Å². The zero-order chi connectivity index (χ0) is 92.3. The summed E-state index contributed by atoms with van der Waals surface area (Å²) in [5.41, 5.74) is 0. The Balaban J connectivity index is 1.25. The van der Waals surface area contributed by atoms with Gasteiger partial charge in [0.2, 0.25) is 53.2 Å². The van der Waals surface area contributed by atoms with Gasteiger partial charge in [-0.25, -0.2) is 9.13 Å². The Morgan fingerprint density at radius 1 is 0.368 bits per heavy atom. The van der Waals surface area contributed by atoms with Crippen LogP contribution in [0.5, 0.6) is 0 Å². The summed E-state index contributed by atoms with van der Waals surface area (Å²) in [7, 11) is -9.93. The van der Waals surface area contributed by atoms with Gasteiger partial charge in [-0.3, -0.25) is 61.2 Å². The van der Waals surface area contributed by atoms with E-state index in [0.29, 0.717) is 134 Å². The first-order valence-electron chi connectivity index (χ1n) is 44.3. The Labute approximate surface area is 732 Å². The molecule has 0 radical (unpaired) electrons. The zero-order valence-electron chi connectivity index (χ0n) is 73.4. The minimum atomic E-state index is -5.01. The Bertz CT molecular complexity index is 3200. The second kappa shape index (κ2) is 62.9.